The van der Waals surface area contributed by atoms with Crippen molar-refractivity contribution in [2.24, 2.45) is 0 Å². The molecule has 0 unspecified atom stereocenters. The molecule has 0 radical (unpaired) electrons. The Morgan fingerprint density at radius 3 is 2.44 bits per heavy atom. The molecule has 6 nitrogen and oxygen atoms in total. The number of carbonyl (C=O) groups is 1. The summed E-state index contributed by atoms with van der Waals surface area (Å²) in [6, 6.07) is 9.37. The molecule has 1 aliphatic carbocycles. The van der Waals surface area contributed by atoms with E-state index < -0.39 is 0 Å². The molecule has 34 heavy (non-hydrogen) atoms. The topological polar surface area (TPSA) is 52.6 Å². The number of carbonyl (C=O) groups excluding carboxylic acids is 1. The van der Waals surface area contributed by atoms with Crippen molar-refractivity contribution in [2.45, 2.75) is 50.5 Å². The number of benzene rings is 1. The molecule has 176 valence electrons. The minimum atomic E-state index is -0.347. The van der Waals surface area contributed by atoms with Crippen LogP contribution in [0, 0.1) is 6.92 Å². The summed E-state index contributed by atoms with van der Waals surface area (Å²) >= 11 is 0. The number of aromatic nitrogens is 2. The zero-order chi connectivity index (χ0) is 23.6. The highest BCUT2D eigenvalue weighted by atomic mass is 16.2. The number of amides is 1. The number of hydrogen-bond acceptors (Lipinski definition) is 5. The minimum Gasteiger partial charge on any atom is -0.356 e. The van der Waals surface area contributed by atoms with Crippen LogP contribution < -0.4 is 9.80 Å². The Kier molecular flexibility index (Phi) is 4.92. The first-order valence-electron chi connectivity index (χ1n) is 12.5. The van der Waals surface area contributed by atoms with Crippen LogP contribution in [0.15, 0.2) is 36.7 Å². The van der Waals surface area contributed by atoms with Gasteiger partial charge in [-0.15, -0.1) is 0 Å². The van der Waals surface area contributed by atoms with E-state index in [4.69, 9.17) is 4.98 Å². The van der Waals surface area contributed by atoms with Crippen molar-refractivity contribution in [2.75, 3.05) is 44.0 Å². The Balaban J connectivity index is 1.36. The zero-order valence-corrected chi connectivity index (χ0v) is 20.6. The fourth-order valence-corrected chi connectivity index (χ4v) is 6.30. The molecule has 3 aliphatic rings. The van der Waals surface area contributed by atoms with Gasteiger partial charge in [-0.3, -0.25) is 9.78 Å². The molecule has 6 rings (SSSR count). The Hall–Kier alpha value is -2.99. The van der Waals surface area contributed by atoms with Crippen molar-refractivity contribution >= 4 is 28.3 Å². The number of aryl methyl sites for hydroxylation is 1. The maximum Gasteiger partial charge on any atom is 0.237 e. The fourth-order valence-electron chi connectivity index (χ4n) is 6.30. The maximum atomic E-state index is 13.1. The van der Waals surface area contributed by atoms with Crippen molar-refractivity contribution in [3.8, 4) is 11.1 Å². The molecule has 2 aromatic heterocycles. The number of pyridine rings is 2. The minimum absolute atomic E-state index is 0.230. The van der Waals surface area contributed by atoms with Crippen LogP contribution in [0.25, 0.3) is 22.0 Å². The van der Waals surface area contributed by atoms with Gasteiger partial charge < -0.3 is 14.7 Å². The molecule has 0 bridgehead atoms. The number of rotatable bonds is 3. The van der Waals surface area contributed by atoms with E-state index in [9.17, 15) is 4.79 Å². The zero-order valence-electron chi connectivity index (χ0n) is 20.6. The van der Waals surface area contributed by atoms with E-state index >= 15 is 0 Å². The van der Waals surface area contributed by atoms with Gasteiger partial charge >= 0.3 is 0 Å². The van der Waals surface area contributed by atoms with Gasteiger partial charge in [-0.1, -0.05) is 12.5 Å². The summed E-state index contributed by atoms with van der Waals surface area (Å²) < 4.78 is 0. The van der Waals surface area contributed by atoms with Gasteiger partial charge in [0.25, 0.3) is 0 Å². The molecule has 4 heterocycles. The highest BCUT2D eigenvalue weighted by Crippen LogP contribution is 2.55. The number of likely N-dealkylation sites (N-methyl/N-ethyl adjacent to an activating group) is 1. The summed E-state index contributed by atoms with van der Waals surface area (Å²) in [6.07, 6.45) is 9.22. The smallest absolute Gasteiger partial charge is 0.237 e. The second-order valence-corrected chi connectivity index (χ2v) is 10.6. The molecule has 2 aliphatic heterocycles. The van der Waals surface area contributed by atoms with Gasteiger partial charge in [0.15, 0.2) is 0 Å². The van der Waals surface area contributed by atoms with Crippen molar-refractivity contribution in [3.05, 3.63) is 47.8 Å². The third-order valence-electron chi connectivity index (χ3n) is 8.49. The molecule has 1 saturated carbocycles. The van der Waals surface area contributed by atoms with Crippen LogP contribution in [-0.4, -0.2) is 61.0 Å². The van der Waals surface area contributed by atoms with E-state index in [1.165, 1.54) is 24.0 Å². The monoisotopic (exact) mass is 455 g/mol. The van der Waals surface area contributed by atoms with Crippen LogP contribution in [0.2, 0.25) is 0 Å². The molecule has 6 heteroatoms. The maximum absolute atomic E-state index is 13.1. The number of nitrogens with zero attached hydrogens (tertiary/aromatic N) is 5. The third kappa shape index (κ3) is 3.08. The normalized spacial score (nSPS) is 19.9. The molecule has 0 atom stereocenters. The fraction of sp³-hybridized carbons (Fsp3) is 0.464. The predicted molar refractivity (Wildman–Crippen MR) is 138 cm³/mol. The largest absolute Gasteiger partial charge is 0.356 e. The molecular weight excluding hydrogens is 422 g/mol. The van der Waals surface area contributed by atoms with Gasteiger partial charge in [-0.2, -0.15) is 0 Å². The average Bonchev–Trinajstić information content (AvgIpc) is 3.06. The summed E-state index contributed by atoms with van der Waals surface area (Å²) in [7, 11) is 6.24. The van der Waals surface area contributed by atoms with Gasteiger partial charge in [0, 0.05) is 48.9 Å². The first kappa shape index (κ1) is 21.5. The predicted octanol–water partition coefficient (Wildman–Crippen LogP) is 4.53. The summed E-state index contributed by atoms with van der Waals surface area (Å²) in [5.74, 6) is 1.33. The average molecular weight is 456 g/mol. The Morgan fingerprint density at radius 2 is 1.79 bits per heavy atom. The van der Waals surface area contributed by atoms with E-state index in [0.717, 1.165) is 65.9 Å². The highest BCUT2D eigenvalue weighted by molar-refractivity contribution is 6.13. The Morgan fingerprint density at radius 1 is 1.03 bits per heavy atom. The van der Waals surface area contributed by atoms with Crippen molar-refractivity contribution in [3.63, 3.8) is 0 Å². The lowest BCUT2D eigenvalue weighted by atomic mass is 9.64. The lowest BCUT2D eigenvalue weighted by Crippen LogP contribution is -2.43. The van der Waals surface area contributed by atoms with Gasteiger partial charge in [-0.05, 0) is 76.0 Å². The standard InChI is InChI=1S/C28H33N5O/c1-18-14-20(16-30-26(18)33-12-8-21(9-13-33)31(2)3)19-6-7-23-22(15-19)25-24(17-29-23)32(4)27(34)28(25)10-5-11-28/h6-7,14-17,21H,5,8-13H2,1-4H3. The van der Waals surface area contributed by atoms with Crippen molar-refractivity contribution < 1.29 is 4.79 Å². The Bertz CT molecular complexity index is 1290. The van der Waals surface area contributed by atoms with Crippen LogP contribution >= 0.6 is 0 Å². The first-order valence-corrected chi connectivity index (χ1v) is 12.5. The van der Waals surface area contributed by atoms with Crippen molar-refractivity contribution in [1.82, 2.24) is 14.9 Å². The molecule has 1 spiro atoms. The molecule has 3 aromatic rings. The van der Waals surface area contributed by atoms with E-state index in [1.807, 2.05) is 24.3 Å². The van der Waals surface area contributed by atoms with E-state index in [1.54, 1.807) is 0 Å². The second-order valence-electron chi connectivity index (χ2n) is 10.6. The number of anilines is 2. The molecule has 1 aromatic carbocycles. The van der Waals surface area contributed by atoms with Gasteiger partial charge in [-0.25, -0.2) is 4.98 Å². The summed E-state index contributed by atoms with van der Waals surface area (Å²) in [5.41, 5.74) is 6.23. The lowest BCUT2D eigenvalue weighted by Gasteiger charge is -2.37. The van der Waals surface area contributed by atoms with Gasteiger partial charge in [0.2, 0.25) is 5.91 Å². The van der Waals surface area contributed by atoms with E-state index in [2.05, 4.69) is 60.1 Å². The molecule has 1 amide bonds. The lowest BCUT2D eigenvalue weighted by molar-refractivity contribution is -0.125. The Labute approximate surface area is 201 Å². The third-order valence-corrected chi connectivity index (χ3v) is 8.49. The molecule has 1 saturated heterocycles. The van der Waals surface area contributed by atoms with Crippen LogP contribution in [0.3, 0.4) is 0 Å². The number of fused-ring (bicyclic) bond motifs is 4. The molecule has 2 fully saturated rings. The highest BCUT2D eigenvalue weighted by Gasteiger charge is 2.54. The number of piperidine rings is 1. The summed E-state index contributed by atoms with van der Waals surface area (Å²) in [6.45, 7) is 4.27. The van der Waals surface area contributed by atoms with Gasteiger partial charge in [0.05, 0.1) is 22.8 Å². The second kappa shape index (κ2) is 7.77. The van der Waals surface area contributed by atoms with Crippen LogP contribution in [0.5, 0.6) is 0 Å². The molecular formula is C28H33N5O. The summed E-state index contributed by atoms with van der Waals surface area (Å²) in [4.78, 5) is 29.3. The van der Waals surface area contributed by atoms with Gasteiger partial charge in [0.1, 0.15) is 5.82 Å². The quantitative estimate of drug-likeness (QED) is 0.581. The SMILES string of the molecule is Cc1cc(-c2ccc3ncc4c(c3c2)C2(CCC2)C(=O)N4C)cnc1N1CCC(N(C)C)CC1. The van der Waals surface area contributed by atoms with Crippen LogP contribution in [0.4, 0.5) is 11.5 Å². The van der Waals surface area contributed by atoms with Crippen LogP contribution in [0.1, 0.15) is 43.2 Å². The number of hydrogen-bond donors (Lipinski definition) is 0. The summed E-state index contributed by atoms with van der Waals surface area (Å²) in [5, 5.41) is 1.11. The van der Waals surface area contributed by atoms with E-state index in [-0.39, 0.29) is 11.3 Å². The van der Waals surface area contributed by atoms with Crippen LogP contribution in [-0.2, 0) is 10.2 Å². The molecule has 0 N–H and O–H groups in total. The van der Waals surface area contributed by atoms with E-state index in [0.29, 0.717) is 6.04 Å². The first-order chi connectivity index (χ1) is 16.4. The van der Waals surface area contributed by atoms with Crippen molar-refractivity contribution in [1.29, 1.82) is 0 Å².